The van der Waals surface area contributed by atoms with Crippen molar-refractivity contribution in [2.45, 2.75) is 23.4 Å². The molecular formula is C16H16BrN3O2S. The Morgan fingerprint density at radius 1 is 1.43 bits per heavy atom. The lowest BCUT2D eigenvalue weighted by Crippen LogP contribution is -2.07. The normalized spacial score (nSPS) is 19.2. The third-order valence-electron chi connectivity index (χ3n) is 3.61. The number of anilines is 1. The Morgan fingerprint density at radius 2 is 2.26 bits per heavy atom. The molecule has 2 unspecified atom stereocenters. The summed E-state index contributed by atoms with van der Waals surface area (Å²) >= 11 is 4.92. The lowest BCUT2D eigenvalue weighted by molar-refractivity contribution is -0.137. The number of thioether (sulfide) groups is 1. The number of methoxy groups -OCH3 is 1. The minimum absolute atomic E-state index is 0.234. The second-order valence-corrected chi connectivity index (χ2v) is 7.07. The van der Waals surface area contributed by atoms with Gasteiger partial charge in [0.15, 0.2) is 0 Å². The van der Waals surface area contributed by atoms with E-state index in [1.54, 1.807) is 12.4 Å². The largest absolute Gasteiger partial charge is 0.468 e. The van der Waals surface area contributed by atoms with E-state index >= 15 is 0 Å². The Morgan fingerprint density at radius 3 is 3.04 bits per heavy atom. The van der Waals surface area contributed by atoms with Gasteiger partial charge in [0.2, 0.25) is 0 Å². The van der Waals surface area contributed by atoms with E-state index in [4.69, 9.17) is 0 Å². The highest BCUT2D eigenvalue weighted by molar-refractivity contribution is 9.10. The van der Waals surface area contributed by atoms with Crippen molar-refractivity contribution in [3.8, 4) is 0 Å². The van der Waals surface area contributed by atoms with Crippen LogP contribution < -0.4 is 5.32 Å². The quantitative estimate of drug-likeness (QED) is 0.598. The summed E-state index contributed by atoms with van der Waals surface area (Å²) in [5.41, 5.74) is 1.31. The minimum Gasteiger partial charge on any atom is -0.468 e. The van der Waals surface area contributed by atoms with Gasteiger partial charge < -0.3 is 10.1 Å². The highest BCUT2D eigenvalue weighted by Gasteiger charge is 2.39. The molecule has 0 spiro atoms. The predicted octanol–water partition coefficient (Wildman–Crippen LogP) is 3.47. The number of nitrogens with zero attached hydrogens (tertiary/aromatic N) is 2. The van der Waals surface area contributed by atoms with E-state index in [1.807, 2.05) is 6.07 Å². The topological polar surface area (TPSA) is 64.1 Å². The Labute approximate surface area is 147 Å². The number of hydrogen-bond acceptors (Lipinski definition) is 6. The van der Waals surface area contributed by atoms with Crippen molar-refractivity contribution in [1.29, 1.82) is 0 Å². The van der Waals surface area contributed by atoms with Gasteiger partial charge in [-0.2, -0.15) is 0 Å². The number of carbonyl (C=O) groups excluding carboxylic acids is 1. The lowest BCUT2D eigenvalue weighted by atomic mass is 10.1. The second kappa shape index (κ2) is 7.31. The van der Waals surface area contributed by atoms with Crippen LogP contribution in [0.2, 0.25) is 0 Å². The zero-order valence-electron chi connectivity index (χ0n) is 12.5. The molecule has 2 aromatic rings. The van der Waals surface area contributed by atoms with Gasteiger partial charge in [-0.25, -0.2) is 4.98 Å². The Balaban J connectivity index is 1.59. The van der Waals surface area contributed by atoms with Crippen LogP contribution in [0.3, 0.4) is 0 Å². The molecule has 1 saturated carbocycles. The number of ether oxygens (including phenoxy) is 1. The van der Waals surface area contributed by atoms with Gasteiger partial charge in [-0.1, -0.05) is 45.9 Å². The summed E-state index contributed by atoms with van der Waals surface area (Å²) in [6, 6.07) is 8.65. The molecule has 1 N–H and O–H groups in total. The molecule has 0 bridgehead atoms. The van der Waals surface area contributed by atoms with Gasteiger partial charge in [0.25, 0.3) is 0 Å². The number of carbonyl (C=O) groups is 1. The van der Waals surface area contributed by atoms with Gasteiger partial charge >= 0.3 is 5.97 Å². The molecule has 3 rings (SSSR count). The van der Waals surface area contributed by atoms with E-state index in [2.05, 4.69) is 54.2 Å². The van der Waals surface area contributed by atoms with E-state index in [0.29, 0.717) is 17.0 Å². The van der Waals surface area contributed by atoms with Gasteiger partial charge in [-0.15, -0.1) is 0 Å². The Kier molecular flexibility index (Phi) is 5.17. The molecule has 120 valence electrons. The van der Waals surface area contributed by atoms with Crippen LogP contribution in [-0.2, 0) is 9.53 Å². The summed E-state index contributed by atoms with van der Waals surface area (Å²) in [4.78, 5) is 19.8. The second-order valence-electron chi connectivity index (χ2n) is 5.22. The fourth-order valence-electron chi connectivity index (χ4n) is 2.34. The average molecular weight is 394 g/mol. The number of benzene rings is 1. The van der Waals surface area contributed by atoms with Gasteiger partial charge in [-0.3, -0.25) is 9.78 Å². The minimum atomic E-state index is -0.272. The van der Waals surface area contributed by atoms with E-state index in [-0.39, 0.29) is 11.7 Å². The molecule has 0 aliphatic heterocycles. The van der Waals surface area contributed by atoms with Crippen LogP contribution in [0.15, 0.2) is 46.2 Å². The first-order chi connectivity index (χ1) is 11.2. The van der Waals surface area contributed by atoms with Crippen molar-refractivity contribution >= 4 is 39.5 Å². The summed E-state index contributed by atoms with van der Waals surface area (Å²) in [7, 11) is 1.38. The average Bonchev–Trinajstić information content (AvgIpc) is 3.32. The highest BCUT2D eigenvalue weighted by atomic mass is 79.9. The van der Waals surface area contributed by atoms with Crippen LogP contribution >= 0.6 is 27.7 Å². The summed E-state index contributed by atoms with van der Waals surface area (Å²) in [6.07, 6.45) is 4.43. The highest BCUT2D eigenvalue weighted by Crippen LogP contribution is 2.45. The van der Waals surface area contributed by atoms with Crippen LogP contribution in [0.4, 0.5) is 5.82 Å². The molecule has 23 heavy (non-hydrogen) atoms. The van der Waals surface area contributed by atoms with E-state index in [1.165, 1.54) is 24.4 Å². The van der Waals surface area contributed by atoms with Gasteiger partial charge in [0.05, 0.1) is 25.3 Å². The monoisotopic (exact) mass is 393 g/mol. The van der Waals surface area contributed by atoms with E-state index < -0.39 is 0 Å². The summed E-state index contributed by atoms with van der Waals surface area (Å²) in [5, 5.41) is 4.12. The number of esters is 1. The number of rotatable bonds is 6. The molecule has 1 fully saturated rings. The number of hydrogen-bond donors (Lipinski definition) is 1. The molecule has 7 heteroatoms. The Hall–Kier alpha value is -1.60. The Bertz CT molecular complexity index is 713. The summed E-state index contributed by atoms with van der Waals surface area (Å²) in [6.45, 7) is 0. The van der Waals surface area contributed by atoms with Crippen molar-refractivity contribution in [3.63, 3.8) is 0 Å². The van der Waals surface area contributed by atoms with Crippen molar-refractivity contribution in [2.75, 3.05) is 18.2 Å². The number of aromatic nitrogens is 2. The first-order valence-electron chi connectivity index (χ1n) is 7.20. The number of halogens is 1. The smallest absolute Gasteiger partial charge is 0.316 e. The molecule has 0 amide bonds. The van der Waals surface area contributed by atoms with Crippen LogP contribution in [0.1, 0.15) is 17.9 Å². The van der Waals surface area contributed by atoms with Gasteiger partial charge in [0, 0.05) is 16.4 Å². The van der Waals surface area contributed by atoms with Crippen LogP contribution in [0, 0.1) is 0 Å². The van der Waals surface area contributed by atoms with Crippen LogP contribution in [0.5, 0.6) is 0 Å². The number of nitrogens with one attached hydrogen (secondary N) is 1. The van der Waals surface area contributed by atoms with E-state index in [0.717, 1.165) is 16.7 Å². The zero-order chi connectivity index (χ0) is 16.2. The predicted molar refractivity (Wildman–Crippen MR) is 93.7 cm³/mol. The van der Waals surface area contributed by atoms with Crippen molar-refractivity contribution in [2.24, 2.45) is 0 Å². The molecule has 1 heterocycles. The van der Waals surface area contributed by atoms with Crippen molar-refractivity contribution < 1.29 is 9.53 Å². The van der Waals surface area contributed by atoms with Gasteiger partial charge in [-0.05, 0) is 18.1 Å². The maximum absolute atomic E-state index is 11.2. The third kappa shape index (κ3) is 4.23. The van der Waals surface area contributed by atoms with Crippen molar-refractivity contribution in [1.82, 2.24) is 9.97 Å². The molecular weight excluding hydrogens is 378 g/mol. The first kappa shape index (κ1) is 16.3. The SMILES string of the molecule is COC(=O)CSc1cncc(NC2CC2c2ccccc2Br)n1. The molecule has 1 aromatic carbocycles. The maximum Gasteiger partial charge on any atom is 0.316 e. The van der Waals surface area contributed by atoms with Crippen LogP contribution in [-0.4, -0.2) is 34.8 Å². The zero-order valence-corrected chi connectivity index (χ0v) is 14.9. The summed E-state index contributed by atoms with van der Waals surface area (Å²) < 4.78 is 5.76. The van der Waals surface area contributed by atoms with Crippen molar-refractivity contribution in [3.05, 3.63) is 46.7 Å². The van der Waals surface area contributed by atoms with E-state index in [9.17, 15) is 4.79 Å². The fraction of sp³-hybridized carbons (Fsp3) is 0.312. The van der Waals surface area contributed by atoms with Gasteiger partial charge in [0.1, 0.15) is 10.8 Å². The molecule has 1 aliphatic carbocycles. The molecule has 5 nitrogen and oxygen atoms in total. The van der Waals surface area contributed by atoms with Crippen LogP contribution in [0.25, 0.3) is 0 Å². The standard InChI is InChI=1S/C16H16BrN3O2S/c1-22-16(21)9-23-15-8-18-7-14(20-15)19-13-6-11(13)10-4-2-3-5-12(10)17/h2-5,7-8,11,13H,6,9H2,1H3,(H,19,20). The lowest BCUT2D eigenvalue weighted by Gasteiger charge is -2.07. The molecule has 0 radical (unpaired) electrons. The first-order valence-corrected chi connectivity index (χ1v) is 8.98. The summed E-state index contributed by atoms with van der Waals surface area (Å²) in [5.74, 6) is 1.18. The fourth-order valence-corrected chi connectivity index (χ4v) is 3.60. The molecule has 0 saturated heterocycles. The molecule has 1 aliphatic rings. The maximum atomic E-state index is 11.2. The molecule has 2 atom stereocenters. The molecule has 1 aromatic heterocycles. The third-order valence-corrected chi connectivity index (χ3v) is 5.20.